The van der Waals surface area contributed by atoms with Crippen LogP contribution in [0.4, 0.5) is 9.80 Å². The molecule has 0 bridgehead atoms. The second-order valence-corrected chi connectivity index (χ2v) is 5.98. The van der Waals surface area contributed by atoms with Gasteiger partial charge in [0, 0.05) is 12.3 Å². The molecule has 1 saturated heterocycles. The van der Waals surface area contributed by atoms with Crippen molar-refractivity contribution in [1.82, 2.24) is 4.90 Å². The summed E-state index contributed by atoms with van der Waals surface area (Å²) in [5.74, 6) is -0.501. The Morgan fingerprint density at radius 2 is 2.33 bits per heavy atom. The van der Waals surface area contributed by atoms with Gasteiger partial charge in [-0.1, -0.05) is 11.8 Å². The van der Waals surface area contributed by atoms with Crippen molar-refractivity contribution in [3.8, 4) is 6.07 Å². The Labute approximate surface area is 128 Å². The van der Waals surface area contributed by atoms with Crippen molar-refractivity contribution in [2.24, 2.45) is 0 Å². The van der Waals surface area contributed by atoms with E-state index in [1.807, 2.05) is 6.07 Å². The fraction of sp³-hybridized carbons (Fsp3) is 0.333. The van der Waals surface area contributed by atoms with Crippen molar-refractivity contribution < 1.29 is 19.1 Å². The van der Waals surface area contributed by atoms with Gasteiger partial charge in [-0.05, 0) is 11.4 Å². The number of nitrogens with one attached hydrogen (secondary N) is 1. The highest BCUT2D eigenvalue weighted by molar-refractivity contribution is 8.13. The van der Waals surface area contributed by atoms with Crippen LogP contribution in [0.5, 0.6) is 0 Å². The number of anilines is 1. The number of hydrogen-bond donors (Lipinski definition) is 1. The molecule has 0 aromatic carbocycles. The van der Waals surface area contributed by atoms with Crippen LogP contribution in [0.15, 0.2) is 11.4 Å². The molecule has 2 heterocycles. The number of nitrogens with zero attached hydrogens (tertiary/aromatic N) is 2. The first kappa shape index (κ1) is 15.3. The minimum Gasteiger partial charge on any atom is -0.454 e. The van der Waals surface area contributed by atoms with Crippen molar-refractivity contribution in [2.75, 3.05) is 30.8 Å². The highest BCUT2D eigenvalue weighted by atomic mass is 32.2. The summed E-state index contributed by atoms with van der Waals surface area (Å²) in [6.45, 7) is -0.0934. The number of carbonyl (C=O) groups excluding carboxylic acids is 3. The molecule has 1 aliphatic heterocycles. The molecular weight excluding hydrogens is 314 g/mol. The van der Waals surface area contributed by atoms with Gasteiger partial charge in [0.05, 0.1) is 5.56 Å². The minimum atomic E-state index is -0.632. The Kier molecular flexibility index (Phi) is 5.19. The number of amides is 2. The first-order valence-electron chi connectivity index (χ1n) is 5.95. The summed E-state index contributed by atoms with van der Waals surface area (Å²) in [7, 11) is 0. The summed E-state index contributed by atoms with van der Waals surface area (Å²) in [4.78, 5) is 35.8. The Balaban J connectivity index is 1.75. The number of hydrogen-bond acceptors (Lipinski definition) is 7. The molecule has 110 valence electrons. The van der Waals surface area contributed by atoms with Crippen LogP contribution >= 0.6 is 23.1 Å². The van der Waals surface area contributed by atoms with Crippen LogP contribution < -0.4 is 5.32 Å². The Morgan fingerprint density at radius 1 is 1.52 bits per heavy atom. The summed E-state index contributed by atoms with van der Waals surface area (Å²) in [5, 5.41) is 13.2. The first-order chi connectivity index (χ1) is 10.1. The van der Waals surface area contributed by atoms with Gasteiger partial charge in [-0.3, -0.25) is 14.4 Å². The van der Waals surface area contributed by atoms with E-state index in [9.17, 15) is 14.4 Å². The van der Waals surface area contributed by atoms with Crippen LogP contribution in [0.1, 0.15) is 5.56 Å². The average Bonchev–Trinajstić information content (AvgIpc) is 3.06. The molecule has 2 amide bonds. The Morgan fingerprint density at radius 3 is 3.00 bits per heavy atom. The van der Waals surface area contributed by atoms with Gasteiger partial charge < -0.3 is 15.0 Å². The SMILES string of the molecule is N#Cc1ccsc1NC(=O)COC(=O)CN1CCSC1=O. The van der Waals surface area contributed by atoms with Crippen molar-refractivity contribution >= 4 is 45.2 Å². The lowest BCUT2D eigenvalue weighted by atomic mass is 10.3. The number of ether oxygens (including phenoxy) is 1. The Bertz CT molecular complexity index is 608. The molecule has 1 aromatic heterocycles. The third-order valence-corrected chi connectivity index (χ3v) is 4.29. The predicted molar refractivity (Wildman–Crippen MR) is 78.0 cm³/mol. The molecule has 1 aliphatic rings. The lowest BCUT2D eigenvalue weighted by Gasteiger charge is -2.13. The van der Waals surface area contributed by atoms with E-state index in [0.717, 1.165) is 11.8 Å². The quantitative estimate of drug-likeness (QED) is 0.818. The van der Waals surface area contributed by atoms with E-state index in [0.29, 0.717) is 22.9 Å². The van der Waals surface area contributed by atoms with Gasteiger partial charge in [-0.15, -0.1) is 11.3 Å². The second-order valence-electron chi connectivity index (χ2n) is 4.02. The smallest absolute Gasteiger partial charge is 0.326 e. The van der Waals surface area contributed by atoms with E-state index >= 15 is 0 Å². The molecule has 0 aliphatic carbocycles. The van der Waals surface area contributed by atoms with E-state index < -0.39 is 18.5 Å². The molecule has 0 radical (unpaired) electrons. The summed E-state index contributed by atoms with van der Waals surface area (Å²) in [6.07, 6.45) is 0. The van der Waals surface area contributed by atoms with Crippen LogP contribution in [0.3, 0.4) is 0 Å². The molecule has 1 aromatic rings. The van der Waals surface area contributed by atoms with E-state index in [-0.39, 0.29) is 11.8 Å². The number of thioether (sulfide) groups is 1. The average molecular weight is 325 g/mol. The lowest BCUT2D eigenvalue weighted by molar-refractivity contribution is -0.147. The standard InChI is InChI=1S/C12H11N3O4S2/c13-5-8-1-3-20-11(8)14-9(16)7-19-10(17)6-15-2-4-21-12(15)18/h1,3H,2,4,6-7H2,(H,14,16). The number of thiophene rings is 1. The van der Waals surface area contributed by atoms with Crippen LogP contribution in [0.2, 0.25) is 0 Å². The molecule has 9 heteroatoms. The van der Waals surface area contributed by atoms with Crippen molar-refractivity contribution in [3.63, 3.8) is 0 Å². The van der Waals surface area contributed by atoms with Crippen LogP contribution in [-0.2, 0) is 14.3 Å². The molecule has 7 nitrogen and oxygen atoms in total. The maximum absolute atomic E-state index is 11.6. The largest absolute Gasteiger partial charge is 0.454 e. The molecule has 21 heavy (non-hydrogen) atoms. The summed E-state index contributed by atoms with van der Waals surface area (Å²) in [5.41, 5.74) is 0.361. The van der Waals surface area contributed by atoms with Gasteiger partial charge in [0.15, 0.2) is 6.61 Å². The lowest BCUT2D eigenvalue weighted by Crippen LogP contribution is -2.32. The normalized spacial score (nSPS) is 13.9. The third-order valence-electron chi connectivity index (χ3n) is 2.57. The molecule has 0 unspecified atom stereocenters. The van der Waals surface area contributed by atoms with Gasteiger partial charge in [-0.2, -0.15) is 5.26 Å². The highest BCUT2D eigenvalue weighted by Gasteiger charge is 2.24. The number of rotatable bonds is 5. The Hall–Kier alpha value is -2.05. The molecule has 0 atom stereocenters. The zero-order valence-corrected chi connectivity index (χ0v) is 12.5. The summed E-state index contributed by atoms with van der Waals surface area (Å²) < 4.78 is 4.80. The maximum Gasteiger partial charge on any atom is 0.326 e. The molecular formula is C12H11N3O4S2. The van der Waals surface area contributed by atoms with Gasteiger partial charge in [-0.25, -0.2) is 0 Å². The zero-order valence-electron chi connectivity index (χ0n) is 10.8. The van der Waals surface area contributed by atoms with Gasteiger partial charge in [0.1, 0.15) is 17.6 Å². The van der Waals surface area contributed by atoms with Gasteiger partial charge in [0.2, 0.25) is 0 Å². The monoisotopic (exact) mass is 325 g/mol. The number of esters is 1. The fourth-order valence-electron chi connectivity index (χ4n) is 1.57. The van der Waals surface area contributed by atoms with Crippen molar-refractivity contribution in [1.29, 1.82) is 5.26 Å². The third kappa shape index (κ3) is 4.21. The number of nitriles is 1. The summed E-state index contributed by atoms with van der Waals surface area (Å²) in [6, 6.07) is 3.53. The van der Waals surface area contributed by atoms with Gasteiger partial charge >= 0.3 is 5.97 Å². The highest BCUT2D eigenvalue weighted by Crippen LogP contribution is 2.21. The van der Waals surface area contributed by atoms with Crippen molar-refractivity contribution in [3.05, 3.63) is 17.0 Å². The van der Waals surface area contributed by atoms with Crippen molar-refractivity contribution in [2.45, 2.75) is 0 Å². The molecule has 0 saturated carbocycles. The second kappa shape index (κ2) is 7.10. The van der Waals surface area contributed by atoms with Crippen LogP contribution in [0.25, 0.3) is 0 Å². The number of carbonyl (C=O) groups is 3. The van der Waals surface area contributed by atoms with E-state index in [1.54, 1.807) is 11.4 Å². The topological polar surface area (TPSA) is 99.5 Å². The fourth-order valence-corrected chi connectivity index (χ4v) is 3.15. The first-order valence-corrected chi connectivity index (χ1v) is 7.81. The molecule has 1 fully saturated rings. The summed E-state index contributed by atoms with van der Waals surface area (Å²) >= 11 is 2.36. The van der Waals surface area contributed by atoms with Crippen LogP contribution in [0, 0.1) is 11.3 Å². The molecule has 1 N–H and O–H groups in total. The van der Waals surface area contributed by atoms with Gasteiger partial charge in [0.25, 0.3) is 11.1 Å². The molecule has 0 spiro atoms. The van der Waals surface area contributed by atoms with Crippen LogP contribution in [-0.4, -0.2) is 47.5 Å². The van der Waals surface area contributed by atoms with E-state index in [2.05, 4.69) is 5.32 Å². The zero-order chi connectivity index (χ0) is 15.2. The predicted octanol–water partition coefficient (Wildman–Crippen LogP) is 1.27. The maximum atomic E-state index is 11.6. The minimum absolute atomic E-state index is 0.151. The van der Waals surface area contributed by atoms with E-state index in [1.165, 1.54) is 16.2 Å². The molecule has 2 rings (SSSR count). The van der Waals surface area contributed by atoms with E-state index in [4.69, 9.17) is 10.00 Å².